The van der Waals surface area contributed by atoms with Crippen molar-refractivity contribution in [1.82, 2.24) is 5.32 Å². The molecule has 1 N–H and O–H groups in total. The molecule has 0 heterocycles. The lowest BCUT2D eigenvalue weighted by atomic mass is 9.94. The van der Waals surface area contributed by atoms with Crippen LogP contribution in [0.25, 0.3) is 0 Å². The molecule has 4 heteroatoms. The second kappa shape index (κ2) is 5.45. The zero-order valence-electron chi connectivity index (χ0n) is 10.4. The maximum atomic E-state index is 13.0. The third-order valence-corrected chi connectivity index (χ3v) is 3.00. The molecule has 2 aromatic rings. The second-order valence-corrected chi connectivity index (χ2v) is 4.22. The smallest absolute Gasteiger partial charge is 0.309 e. The van der Waals surface area contributed by atoms with E-state index in [9.17, 15) is 13.2 Å². The highest BCUT2D eigenvalue weighted by Gasteiger charge is 2.34. The number of hydrogen-bond donors (Lipinski definition) is 1. The van der Waals surface area contributed by atoms with Gasteiger partial charge in [-0.3, -0.25) is 0 Å². The minimum Gasteiger partial charge on any atom is -0.309 e. The van der Waals surface area contributed by atoms with Gasteiger partial charge in [-0.15, -0.1) is 0 Å². The average molecular weight is 265 g/mol. The maximum Gasteiger partial charge on any atom is 0.416 e. The van der Waals surface area contributed by atoms with Gasteiger partial charge in [0, 0.05) is 0 Å². The van der Waals surface area contributed by atoms with Gasteiger partial charge < -0.3 is 5.32 Å². The minimum absolute atomic E-state index is 0.240. The van der Waals surface area contributed by atoms with Gasteiger partial charge in [0.1, 0.15) is 0 Å². The Morgan fingerprint density at radius 3 is 2.05 bits per heavy atom. The molecule has 0 spiro atoms. The van der Waals surface area contributed by atoms with E-state index in [0.717, 1.165) is 11.6 Å². The zero-order chi connectivity index (χ0) is 13.9. The van der Waals surface area contributed by atoms with Crippen LogP contribution in [0.1, 0.15) is 22.7 Å². The Hall–Kier alpha value is -1.81. The second-order valence-electron chi connectivity index (χ2n) is 4.22. The third-order valence-electron chi connectivity index (χ3n) is 3.00. The van der Waals surface area contributed by atoms with Crippen molar-refractivity contribution in [2.24, 2.45) is 0 Å². The van der Waals surface area contributed by atoms with Crippen molar-refractivity contribution in [3.8, 4) is 0 Å². The predicted molar refractivity (Wildman–Crippen MR) is 68.8 cm³/mol. The largest absolute Gasteiger partial charge is 0.416 e. The summed E-state index contributed by atoms with van der Waals surface area (Å²) in [7, 11) is 1.66. The molecule has 0 aliphatic heterocycles. The number of hydrogen-bond acceptors (Lipinski definition) is 1. The first-order valence-corrected chi connectivity index (χ1v) is 5.92. The number of nitrogens with one attached hydrogen (secondary N) is 1. The first-order valence-electron chi connectivity index (χ1n) is 5.92. The van der Waals surface area contributed by atoms with E-state index in [1.54, 1.807) is 13.1 Å². The van der Waals surface area contributed by atoms with Gasteiger partial charge in [0.2, 0.25) is 0 Å². The van der Waals surface area contributed by atoms with Gasteiger partial charge in [0.25, 0.3) is 0 Å². The van der Waals surface area contributed by atoms with Crippen molar-refractivity contribution in [2.75, 3.05) is 7.05 Å². The molecule has 0 amide bonds. The van der Waals surface area contributed by atoms with E-state index in [1.165, 1.54) is 12.1 Å². The summed E-state index contributed by atoms with van der Waals surface area (Å²) in [5.41, 5.74) is 0.448. The van der Waals surface area contributed by atoms with Crippen molar-refractivity contribution in [3.63, 3.8) is 0 Å². The molecule has 19 heavy (non-hydrogen) atoms. The maximum absolute atomic E-state index is 13.0. The molecule has 0 fully saturated rings. The fourth-order valence-corrected chi connectivity index (χ4v) is 2.15. The first kappa shape index (κ1) is 13.6. The van der Waals surface area contributed by atoms with E-state index in [0.29, 0.717) is 0 Å². The van der Waals surface area contributed by atoms with Crippen LogP contribution in [0, 0.1) is 0 Å². The normalized spacial score (nSPS) is 13.3. The van der Waals surface area contributed by atoms with Crippen LogP contribution in [0.5, 0.6) is 0 Å². The van der Waals surface area contributed by atoms with Crippen LogP contribution >= 0.6 is 0 Å². The molecule has 0 saturated heterocycles. The molecule has 2 rings (SSSR count). The summed E-state index contributed by atoms with van der Waals surface area (Å²) in [6, 6.07) is 14.3. The van der Waals surface area contributed by atoms with Crippen molar-refractivity contribution < 1.29 is 13.2 Å². The van der Waals surface area contributed by atoms with E-state index in [1.807, 2.05) is 30.3 Å². The van der Waals surface area contributed by atoms with Gasteiger partial charge in [-0.05, 0) is 24.2 Å². The van der Waals surface area contributed by atoms with Gasteiger partial charge in [0.15, 0.2) is 0 Å². The quantitative estimate of drug-likeness (QED) is 0.884. The topological polar surface area (TPSA) is 12.0 Å². The number of benzene rings is 2. The lowest BCUT2D eigenvalue weighted by Gasteiger charge is -2.21. The van der Waals surface area contributed by atoms with E-state index in [2.05, 4.69) is 5.32 Å². The summed E-state index contributed by atoms with van der Waals surface area (Å²) in [5.74, 6) is 0. The molecule has 0 aliphatic carbocycles. The summed E-state index contributed by atoms with van der Waals surface area (Å²) < 4.78 is 39.1. The lowest BCUT2D eigenvalue weighted by molar-refractivity contribution is -0.138. The Labute approximate surface area is 110 Å². The van der Waals surface area contributed by atoms with E-state index < -0.39 is 17.8 Å². The molecule has 1 atom stereocenters. The fraction of sp³-hybridized carbons (Fsp3) is 0.200. The molecule has 0 radical (unpaired) electrons. The molecule has 0 saturated carbocycles. The number of alkyl halides is 3. The SMILES string of the molecule is CNC(c1ccccc1)c1ccccc1C(F)(F)F. The highest BCUT2D eigenvalue weighted by molar-refractivity contribution is 5.38. The molecule has 0 bridgehead atoms. The van der Waals surface area contributed by atoms with Crippen molar-refractivity contribution >= 4 is 0 Å². The third kappa shape index (κ3) is 2.96. The van der Waals surface area contributed by atoms with E-state index in [-0.39, 0.29) is 5.56 Å². The molecule has 0 aliphatic rings. The molecule has 1 nitrogen and oxygen atoms in total. The Balaban J connectivity index is 2.51. The fourth-order valence-electron chi connectivity index (χ4n) is 2.15. The summed E-state index contributed by atoms with van der Waals surface area (Å²) in [4.78, 5) is 0. The van der Waals surface area contributed by atoms with Crippen molar-refractivity contribution in [3.05, 3.63) is 71.3 Å². The predicted octanol–water partition coefficient (Wildman–Crippen LogP) is 4.01. The summed E-state index contributed by atoms with van der Waals surface area (Å²) in [6.45, 7) is 0. The Morgan fingerprint density at radius 2 is 1.47 bits per heavy atom. The lowest BCUT2D eigenvalue weighted by Crippen LogP contribution is -2.21. The van der Waals surface area contributed by atoms with Crippen LogP contribution in [0.4, 0.5) is 13.2 Å². The number of halogens is 3. The Kier molecular flexibility index (Phi) is 3.90. The first-order chi connectivity index (χ1) is 9.04. The molecule has 2 aromatic carbocycles. The summed E-state index contributed by atoms with van der Waals surface area (Å²) >= 11 is 0. The summed E-state index contributed by atoms with van der Waals surface area (Å²) in [6.07, 6.45) is -4.35. The molecule has 1 unspecified atom stereocenters. The Morgan fingerprint density at radius 1 is 0.895 bits per heavy atom. The van der Waals surface area contributed by atoms with Crippen molar-refractivity contribution in [1.29, 1.82) is 0 Å². The standard InChI is InChI=1S/C15H14F3N/c1-19-14(11-7-3-2-4-8-11)12-9-5-6-10-13(12)15(16,17)18/h2-10,14,19H,1H3. The molecule has 100 valence electrons. The van der Waals surface area contributed by atoms with Crippen LogP contribution < -0.4 is 5.32 Å². The Bertz CT molecular complexity index is 535. The van der Waals surface area contributed by atoms with E-state index in [4.69, 9.17) is 0 Å². The van der Waals surface area contributed by atoms with Gasteiger partial charge in [-0.1, -0.05) is 48.5 Å². The highest BCUT2D eigenvalue weighted by atomic mass is 19.4. The van der Waals surface area contributed by atoms with Crippen molar-refractivity contribution in [2.45, 2.75) is 12.2 Å². The van der Waals surface area contributed by atoms with Gasteiger partial charge in [-0.25, -0.2) is 0 Å². The zero-order valence-corrected chi connectivity index (χ0v) is 10.4. The van der Waals surface area contributed by atoms with Gasteiger partial charge in [-0.2, -0.15) is 13.2 Å². The highest BCUT2D eigenvalue weighted by Crippen LogP contribution is 2.36. The van der Waals surface area contributed by atoms with Crippen LogP contribution in [-0.2, 0) is 6.18 Å². The molecule has 0 aromatic heterocycles. The monoisotopic (exact) mass is 265 g/mol. The molecular formula is C15H14F3N. The van der Waals surface area contributed by atoms with Crippen LogP contribution in [0.2, 0.25) is 0 Å². The van der Waals surface area contributed by atoms with Gasteiger partial charge in [0.05, 0.1) is 11.6 Å². The number of rotatable bonds is 3. The summed E-state index contributed by atoms with van der Waals surface area (Å²) in [5, 5.41) is 2.95. The minimum atomic E-state index is -4.35. The van der Waals surface area contributed by atoms with Crippen LogP contribution in [0.3, 0.4) is 0 Å². The van der Waals surface area contributed by atoms with Crippen LogP contribution in [-0.4, -0.2) is 7.05 Å². The molecular weight excluding hydrogens is 251 g/mol. The van der Waals surface area contributed by atoms with Crippen LogP contribution in [0.15, 0.2) is 54.6 Å². The van der Waals surface area contributed by atoms with E-state index >= 15 is 0 Å². The average Bonchev–Trinajstić information content (AvgIpc) is 2.40. The van der Waals surface area contributed by atoms with Gasteiger partial charge >= 0.3 is 6.18 Å².